The van der Waals surface area contributed by atoms with Gasteiger partial charge in [-0.15, -0.1) is 0 Å². The fraction of sp³-hybridized carbons (Fsp3) is 0.917. The number of halogens is 3. The monoisotopic (exact) mass is 264 g/mol. The summed E-state index contributed by atoms with van der Waals surface area (Å²) >= 11 is 0. The summed E-state index contributed by atoms with van der Waals surface area (Å²) in [7, 11) is 0. The number of nitrogens with zero attached hydrogens (tertiary/aromatic N) is 1. The zero-order valence-electron chi connectivity index (χ0n) is 10.4. The van der Waals surface area contributed by atoms with Gasteiger partial charge in [0.1, 0.15) is 0 Å². The molecule has 18 heavy (non-hydrogen) atoms. The van der Waals surface area contributed by atoms with Crippen LogP contribution < -0.4 is 5.32 Å². The van der Waals surface area contributed by atoms with Gasteiger partial charge in [0.25, 0.3) is 0 Å². The third kappa shape index (κ3) is 3.85. The highest BCUT2D eigenvalue weighted by molar-refractivity contribution is 4.96. The molecule has 0 heterocycles. The molecule has 104 valence electrons. The summed E-state index contributed by atoms with van der Waals surface area (Å²) in [5.74, 6) is -1.47. The fourth-order valence-corrected chi connectivity index (χ4v) is 2.26. The van der Waals surface area contributed by atoms with Gasteiger partial charge in [-0.2, -0.15) is 18.4 Å². The molecule has 0 amide bonds. The van der Waals surface area contributed by atoms with Gasteiger partial charge in [-0.25, -0.2) is 0 Å². The molecule has 1 aliphatic rings. The van der Waals surface area contributed by atoms with Crippen LogP contribution in [0.5, 0.6) is 0 Å². The summed E-state index contributed by atoms with van der Waals surface area (Å²) < 4.78 is 37.3. The molecule has 0 bridgehead atoms. The van der Waals surface area contributed by atoms with E-state index in [0.29, 0.717) is 18.8 Å². The van der Waals surface area contributed by atoms with Crippen molar-refractivity contribution in [3.05, 3.63) is 0 Å². The maximum absolute atomic E-state index is 12.4. The van der Waals surface area contributed by atoms with Crippen molar-refractivity contribution in [2.75, 3.05) is 13.2 Å². The Morgan fingerprint density at radius 1 is 1.44 bits per heavy atom. The van der Waals surface area contributed by atoms with E-state index in [1.807, 2.05) is 0 Å². The topological polar surface area (TPSA) is 56.0 Å². The molecule has 0 aliphatic heterocycles. The highest BCUT2D eigenvalue weighted by Crippen LogP contribution is 2.32. The van der Waals surface area contributed by atoms with Gasteiger partial charge < -0.3 is 10.4 Å². The van der Waals surface area contributed by atoms with E-state index in [9.17, 15) is 18.3 Å². The Hall–Kier alpha value is -0.800. The lowest BCUT2D eigenvalue weighted by molar-refractivity contribution is -0.159. The van der Waals surface area contributed by atoms with Gasteiger partial charge in [0.2, 0.25) is 0 Å². The molecule has 0 aromatic heterocycles. The van der Waals surface area contributed by atoms with Crippen molar-refractivity contribution in [1.29, 1.82) is 5.26 Å². The van der Waals surface area contributed by atoms with E-state index in [1.165, 1.54) is 6.07 Å². The van der Waals surface area contributed by atoms with Crippen molar-refractivity contribution in [1.82, 2.24) is 5.32 Å². The molecule has 6 heteroatoms. The second-order valence-electron chi connectivity index (χ2n) is 5.23. The summed E-state index contributed by atoms with van der Waals surface area (Å²) in [6.07, 6.45) is -1.44. The maximum Gasteiger partial charge on any atom is 0.405 e. The van der Waals surface area contributed by atoms with Crippen LogP contribution in [0.1, 0.15) is 32.6 Å². The summed E-state index contributed by atoms with van der Waals surface area (Å²) in [5, 5.41) is 20.7. The third-order valence-corrected chi connectivity index (χ3v) is 3.77. The van der Waals surface area contributed by atoms with E-state index in [0.717, 1.165) is 12.8 Å². The van der Waals surface area contributed by atoms with Crippen molar-refractivity contribution in [3.8, 4) is 6.07 Å². The van der Waals surface area contributed by atoms with Crippen LogP contribution in [0.15, 0.2) is 0 Å². The number of hydrogen-bond donors (Lipinski definition) is 2. The molecular weight excluding hydrogens is 245 g/mol. The van der Waals surface area contributed by atoms with Crippen molar-refractivity contribution in [2.45, 2.75) is 44.3 Å². The Morgan fingerprint density at radius 2 is 2.00 bits per heavy atom. The lowest BCUT2D eigenvalue weighted by Crippen LogP contribution is -2.53. The molecule has 1 rings (SSSR count). The molecule has 0 radical (unpaired) electrons. The molecular formula is C12H19F3N2O. The van der Waals surface area contributed by atoms with Crippen LogP contribution in [-0.2, 0) is 0 Å². The fourth-order valence-electron chi connectivity index (χ4n) is 2.26. The van der Waals surface area contributed by atoms with Crippen molar-refractivity contribution in [2.24, 2.45) is 11.8 Å². The number of alkyl halides is 3. The average Bonchev–Trinajstić information content (AvgIpc) is 2.31. The Balaban J connectivity index is 2.57. The Bertz CT molecular complexity index is 303. The first-order valence-electron chi connectivity index (χ1n) is 6.15. The van der Waals surface area contributed by atoms with Crippen LogP contribution in [0, 0.1) is 23.2 Å². The predicted octanol–water partition coefficient (Wildman–Crippen LogP) is 2.22. The molecule has 0 aromatic carbocycles. The van der Waals surface area contributed by atoms with Crippen LogP contribution in [0.3, 0.4) is 0 Å². The van der Waals surface area contributed by atoms with E-state index >= 15 is 0 Å². The highest BCUT2D eigenvalue weighted by atomic mass is 19.4. The van der Waals surface area contributed by atoms with Crippen LogP contribution >= 0.6 is 0 Å². The molecule has 1 saturated carbocycles. The number of nitrogens with one attached hydrogen (secondary N) is 1. The molecule has 2 N–H and O–H groups in total. The molecule has 0 aromatic rings. The first-order chi connectivity index (χ1) is 8.33. The van der Waals surface area contributed by atoms with Gasteiger partial charge in [-0.05, 0) is 31.6 Å². The molecule has 1 unspecified atom stereocenters. The highest BCUT2D eigenvalue weighted by Gasteiger charge is 2.42. The first kappa shape index (κ1) is 15.3. The molecule has 0 saturated heterocycles. The van der Waals surface area contributed by atoms with Crippen molar-refractivity contribution in [3.63, 3.8) is 0 Å². The van der Waals surface area contributed by atoms with Crippen molar-refractivity contribution >= 4 is 0 Å². The minimum atomic E-state index is -4.51. The van der Waals surface area contributed by atoms with E-state index in [1.54, 1.807) is 0 Å². The van der Waals surface area contributed by atoms with E-state index in [-0.39, 0.29) is 6.61 Å². The zero-order valence-corrected chi connectivity index (χ0v) is 10.4. The largest absolute Gasteiger partial charge is 0.405 e. The van der Waals surface area contributed by atoms with Gasteiger partial charge in [-0.1, -0.05) is 6.92 Å². The lowest BCUT2D eigenvalue weighted by Gasteiger charge is -2.39. The van der Waals surface area contributed by atoms with Crippen LogP contribution in [-0.4, -0.2) is 30.0 Å². The molecule has 1 aliphatic carbocycles. The minimum Gasteiger partial charge on any atom is -0.394 e. The van der Waals surface area contributed by atoms with E-state index in [2.05, 4.69) is 12.2 Å². The average molecular weight is 264 g/mol. The predicted molar refractivity (Wildman–Crippen MR) is 60.6 cm³/mol. The Kier molecular flexibility index (Phi) is 5.00. The summed E-state index contributed by atoms with van der Waals surface area (Å²) in [6.45, 7) is 1.46. The SMILES string of the molecule is CC1CCC(CO)(NCC(C#N)C(F)(F)F)CC1. The summed E-state index contributed by atoms with van der Waals surface area (Å²) in [5.41, 5.74) is -0.646. The zero-order chi connectivity index (χ0) is 13.8. The lowest BCUT2D eigenvalue weighted by atomic mass is 9.77. The third-order valence-electron chi connectivity index (χ3n) is 3.77. The van der Waals surface area contributed by atoms with Gasteiger partial charge in [0, 0.05) is 12.1 Å². The van der Waals surface area contributed by atoms with Gasteiger partial charge >= 0.3 is 6.18 Å². The molecule has 3 nitrogen and oxygen atoms in total. The molecule has 1 atom stereocenters. The minimum absolute atomic E-state index is 0.185. The second-order valence-corrected chi connectivity index (χ2v) is 5.23. The van der Waals surface area contributed by atoms with Crippen LogP contribution in [0.25, 0.3) is 0 Å². The normalized spacial score (nSPS) is 30.8. The number of nitriles is 1. The van der Waals surface area contributed by atoms with E-state index in [4.69, 9.17) is 5.26 Å². The summed E-state index contributed by atoms with van der Waals surface area (Å²) in [4.78, 5) is 0. The summed E-state index contributed by atoms with van der Waals surface area (Å²) in [6, 6.07) is 1.26. The number of aliphatic hydroxyl groups excluding tert-OH is 1. The van der Waals surface area contributed by atoms with Crippen molar-refractivity contribution < 1.29 is 18.3 Å². The number of rotatable bonds is 4. The smallest absolute Gasteiger partial charge is 0.394 e. The quantitative estimate of drug-likeness (QED) is 0.818. The Labute approximate surface area is 105 Å². The number of hydrogen-bond acceptors (Lipinski definition) is 3. The van der Waals surface area contributed by atoms with Gasteiger partial charge in [0.15, 0.2) is 5.92 Å². The standard InChI is InChI=1S/C12H19F3N2O/c1-9-2-4-11(8-18,5-3-9)17-7-10(6-16)12(13,14)15/h9-10,17-18H,2-5,7-8H2,1H3. The van der Waals surface area contributed by atoms with Gasteiger partial charge in [0.05, 0.1) is 12.7 Å². The second kappa shape index (κ2) is 5.89. The van der Waals surface area contributed by atoms with E-state index < -0.39 is 24.2 Å². The van der Waals surface area contributed by atoms with Crippen LogP contribution in [0.2, 0.25) is 0 Å². The number of aliphatic hydroxyl groups is 1. The van der Waals surface area contributed by atoms with Gasteiger partial charge in [-0.3, -0.25) is 0 Å². The maximum atomic E-state index is 12.4. The Morgan fingerprint density at radius 3 is 2.39 bits per heavy atom. The molecule has 0 spiro atoms. The first-order valence-corrected chi connectivity index (χ1v) is 6.15. The van der Waals surface area contributed by atoms with Crippen LogP contribution in [0.4, 0.5) is 13.2 Å². The molecule has 1 fully saturated rings.